The van der Waals surface area contributed by atoms with Gasteiger partial charge < -0.3 is 9.64 Å². The van der Waals surface area contributed by atoms with Crippen LogP contribution in [0, 0.1) is 6.92 Å². The minimum absolute atomic E-state index is 0.170. The number of piperazine rings is 1. The third-order valence-electron chi connectivity index (χ3n) is 6.46. The molecule has 2 aromatic carbocycles. The standard InChI is InChI=1S/C24H28N6O3/c1-17-12-19(13-20-15-33-24(32)23(17)20)6-7-28-8-10-29(11-9-28)22(31)14-18-2-4-21(5-3-18)30-16-25-26-27-30/h2-5,12-13,16,26-27H,6-11,14-15H2,1H3. The third-order valence-corrected chi connectivity index (χ3v) is 6.46. The van der Waals surface area contributed by atoms with Crippen molar-refractivity contribution in [2.24, 2.45) is 5.10 Å². The smallest absolute Gasteiger partial charge is 0.339 e. The van der Waals surface area contributed by atoms with Crippen LogP contribution in [0.15, 0.2) is 41.5 Å². The van der Waals surface area contributed by atoms with Crippen molar-refractivity contribution < 1.29 is 14.3 Å². The van der Waals surface area contributed by atoms with Crippen LogP contribution in [0.3, 0.4) is 0 Å². The Morgan fingerprint density at radius 3 is 2.61 bits per heavy atom. The minimum Gasteiger partial charge on any atom is -0.457 e. The Morgan fingerprint density at radius 2 is 1.88 bits per heavy atom. The molecule has 2 aromatic rings. The number of aryl methyl sites for hydroxylation is 1. The molecule has 5 rings (SSSR count). The molecule has 0 bridgehead atoms. The van der Waals surface area contributed by atoms with Gasteiger partial charge in [0.05, 0.1) is 17.7 Å². The number of cyclic esters (lactones) is 1. The highest BCUT2D eigenvalue weighted by Crippen LogP contribution is 2.25. The van der Waals surface area contributed by atoms with E-state index >= 15 is 0 Å². The van der Waals surface area contributed by atoms with Crippen LogP contribution in [-0.2, 0) is 29.0 Å². The van der Waals surface area contributed by atoms with Crippen molar-refractivity contribution in [2.45, 2.75) is 26.4 Å². The lowest BCUT2D eigenvalue weighted by Crippen LogP contribution is -2.49. The zero-order chi connectivity index (χ0) is 22.8. The number of hydrazone groups is 1. The summed E-state index contributed by atoms with van der Waals surface area (Å²) in [6.45, 7) is 6.56. The van der Waals surface area contributed by atoms with Crippen LogP contribution in [0.1, 0.15) is 32.6 Å². The number of amides is 1. The molecular weight excluding hydrogens is 420 g/mol. The quantitative estimate of drug-likeness (QED) is 0.645. The summed E-state index contributed by atoms with van der Waals surface area (Å²) in [5.41, 5.74) is 11.5. The maximum absolute atomic E-state index is 12.8. The van der Waals surface area contributed by atoms with E-state index in [1.165, 1.54) is 5.56 Å². The van der Waals surface area contributed by atoms with E-state index in [0.29, 0.717) is 13.0 Å². The van der Waals surface area contributed by atoms with Gasteiger partial charge in [-0.2, -0.15) is 5.10 Å². The van der Waals surface area contributed by atoms with Crippen LogP contribution in [0.4, 0.5) is 5.69 Å². The number of benzene rings is 2. The lowest BCUT2D eigenvalue weighted by Gasteiger charge is -2.35. The van der Waals surface area contributed by atoms with E-state index < -0.39 is 0 Å². The van der Waals surface area contributed by atoms with E-state index in [9.17, 15) is 9.59 Å². The molecule has 33 heavy (non-hydrogen) atoms. The first-order chi connectivity index (χ1) is 16.1. The highest BCUT2D eigenvalue weighted by molar-refractivity contribution is 5.95. The van der Waals surface area contributed by atoms with Crippen molar-refractivity contribution in [3.8, 4) is 0 Å². The molecule has 3 heterocycles. The Balaban J connectivity index is 1.09. The van der Waals surface area contributed by atoms with Crippen molar-refractivity contribution in [3.05, 3.63) is 64.2 Å². The Hall–Kier alpha value is -3.43. The highest BCUT2D eigenvalue weighted by atomic mass is 16.5. The second kappa shape index (κ2) is 9.21. The molecule has 1 saturated heterocycles. The van der Waals surface area contributed by atoms with Gasteiger partial charge in [0.2, 0.25) is 5.91 Å². The van der Waals surface area contributed by atoms with Crippen LogP contribution in [0.25, 0.3) is 0 Å². The van der Waals surface area contributed by atoms with Gasteiger partial charge in [0.15, 0.2) is 0 Å². The summed E-state index contributed by atoms with van der Waals surface area (Å²) in [6, 6.07) is 12.1. The number of rotatable bonds is 6. The molecular formula is C24H28N6O3. The molecule has 0 radical (unpaired) electrons. The molecule has 1 amide bonds. The van der Waals surface area contributed by atoms with Crippen LogP contribution >= 0.6 is 0 Å². The van der Waals surface area contributed by atoms with E-state index in [1.54, 1.807) is 11.3 Å². The number of hydrogen-bond donors (Lipinski definition) is 2. The van der Waals surface area contributed by atoms with Gasteiger partial charge in [-0.25, -0.2) is 15.3 Å². The fourth-order valence-corrected chi connectivity index (χ4v) is 4.61. The molecule has 9 heteroatoms. The van der Waals surface area contributed by atoms with Gasteiger partial charge >= 0.3 is 5.97 Å². The summed E-state index contributed by atoms with van der Waals surface area (Å²) in [4.78, 5) is 28.9. The number of fused-ring (bicyclic) bond motifs is 1. The summed E-state index contributed by atoms with van der Waals surface area (Å²) in [6.07, 6.45) is 2.99. The van der Waals surface area contributed by atoms with Gasteiger partial charge in [0.1, 0.15) is 12.9 Å². The molecule has 172 valence electrons. The Labute approximate surface area is 192 Å². The second-order valence-corrected chi connectivity index (χ2v) is 8.68. The number of nitrogens with one attached hydrogen (secondary N) is 2. The van der Waals surface area contributed by atoms with Crippen molar-refractivity contribution in [1.82, 2.24) is 20.9 Å². The van der Waals surface area contributed by atoms with Gasteiger partial charge in [-0.1, -0.05) is 24.3 Å². The van der Waals surface area contributed by atoms with E-state index in [2.05, 4.69) is 33.2 Å². The number of nitrogens with zero attached hydrogens (tertiary/aromatic N) is 4. The number of ether oxygens (including phenoxy) is 1. The lowest BCUT2D eigenvalue weighted by atomic mass is 9.98. The molecule has 9 nitrogen and oxygen atoms in total. The summed E-state index contributed by atoms with van der Waals surface area (Å²) in [5, 5.41) is 5.65. The van der Waals surface area contributed by atoms with E-state index in [-0.39, 0.29) is 11.9 Å². The minimum atomic E-state index is -0.207. The van der Waals surface area contributed by atoms with Crippen LogP contribution < -0.4 is 16.1 Å². The summed E-state index contributed by atoms with van der Waals surface area (Å²) in [5.74, 6) is -0.0371. The predicted molar refractivity (Wildman–Crippen MR) is 124 cm³/mol. The highest BCUT2D eigenvalue weighted by Gasteiger charge is 2.25. The van der Waals surface area contributed by atoms with Gasteiger partial charge in [0, 0.05) is 38.3 Å². The average molecular weight is 449 g/mol. The van der Waals surface area contributed by atoms with Gasteiger partial charge in [0.25, 0.3) is 0 Å². The molecule has 0 spiro atoms. The largest absolute Gasteiger partial charge is 0.457 e. The fourth-order valence-electron chi connectivity index (χ4n) is 4.61. The van der Waals surface area contributed by atoms with E-state index in [0.717, 1.165) is 67.1 Å². The van der Waals surface area contributed by atoms with E-state index in [1.807, 2.05) is 36.1 Å². The van der Waals surface area contributed by atoms with Gasteiger partial charge in [-0.15, -0.1) is 5.53 Å². The van der Waals surface area contributed by atoms with Crippen LogP contribution in [0.2, 0.25) is 0 Å². The Bertz CT molecular complexity index is 1080. The molecule has 0 atom stereocenters. The van der Waals surface area contributed by atoms with Crippen LogP contribution in [-0.4, -0.2) is 60.7 Å². The first kappa shape index (κ1) is 21.4. The molecule has 0 saturated carbocycles. The SMILES string of the molecule is Cc1cc(CCN2CCN(C(=O)Cc3ccc(N4C=NNN4)cc3)CC2)cc2c1C(=O)OC2. The Morgan fingerprint density at radius 1 is 1.09 bits per heavy atom. The monoisotopic (exact) mass is 448 g/mol. The molecule has 0 aromatic heterocycles. The first-order valence-corrected chi connectivity index (χ1v) is 11.3. The molecule has 2 N–H and O–H groups in total. The zero-order valence-electron chi connectivity index (χ0n) is 18.7. The van der Waals surface area contributed by atoms with Crippen molar-refractivity contribution in [2.75, 3.05) is 37.7 Å². The number of anilines is 1. The number of esters is 1. The summed E-state index contributed by atoms with van der Waals surface area (Å²) >= 11 is 0. The lowest BCUT2D eigenvalue weighted by molar-refractivity contribution is -0.132. The molecule has 1 fully saturated rings. The zero-order valence-corrected chi connectivity index (χ0v) is 18.7. The molecule has 0 unspecified atom stereocenters. The fraction of sp³-hybridized carbons (Fsp3) is 0.375. The van der Waals surface area contributed by atoms with Crippen molar-refractivity contribution >= 4 is 23.9 Å². The number of carbonyl (C=O) groups excluding carboxylic acids is 2. The van der Waals surface area contributed by atoms with Gasteiger partial charge in [-0.05, 0) is 42.2 Å². The predicted octanol–water partition coefficient (Wildman–Crippen LogP) is 1.37. The molecule has 3 aliphatic rings. The number of hydrogen-bond acceptors (Lipinski definition) is 8. The van der Waals surface area contributed by atoms with Crippen molar-refractivity contribution in [1.29, 1.82) is 0 Å². The first-order valence-electron chi connectivity index (χ1n) is 11.3. The van der Waals surface area contributed by atoms with Crippen molar-refractivity contribution in [3.63, 3.8) is 0 Å². The average Bonchev–Trinajstić information content (AvgIpc) is 3.49. The van der Waals surface area contributed by atoms with Crippen LogP contribution in [0.5, 0.6) is 0 Å². The Kier molecular flexibility index (Phi) is 5.97. The maximum Gasteiger partial charge on any atom is 0.339 e. The number of carbonyl (C=O) groups is 2. The van der Waals surface area contributed by atoms with Gasteiger partial charge in [-0.3, -0.25) is 9.69 Å². The maximum atomic E-state index is 12.8. The summed E-state index contributed by atoms with van der Waals surface area (Å²) in [7, 11) is 0. The topological polar surface area (TPSA) is 89.5 Å². The second-order valence-electron chi connectivity index (χ2n) is 8.68. The van der Waals surface area contributed by atoms with E-state index in [4.69, 9.17) is 4.74 Å². The molecule has 0 aliphatic carbocycles. The third kappa shape index (κ3) is 4.69. The number of hydrazine groups is 2. The normalized spacial score (nSPS) is 17.8. The summed E-state index contributed by atoms with van der Waals surface area (Å²) < 4.78 is 5.16. The molecule has 3 aliphatic heterocycles.